The van der Waals surface area contributed by atoms with Gasteiger partial charge >= 0.3 is 59.1 Å². The van der Waals surface area contributed by atoms with Crippen LogP contribution in [0, 0.1) is 0 Å². The zero-order chi connectivity index (χ0) is 30.7. The Hall–Kier alpha value is -3.16. The van der Waals surface area contributed by atoms with E-state index in [-0.39, 0.29) is 104 Å². The molecule has 0 bridgehead atoms. The Bertz CT molecular complexity index is 1860. The van der Waals surface area contributed by atoms with Crippen LogP contribution in [-0.4, -0.2) is 46.4 Å². The zero-order valence-electron chi connectivity index (χ0n) is 22.9. The minimum Gasteiger partial charge on any atom is -0.744 e. The molecule has 0 saturated heterocycles. The van der Waals surface area contributed by atoms with Gasteiger partial charge in [0.1, 0.15) is 54.6 Å². The number of benzene rings is 4. The van der Waals surface area contributed by atoms with Crippen LogP contribution in [0.3, 0.4) is 0 Å². The van der Waals surface area contributed by atoms with Crippen molar-refractivity contribution in [2.24, 2.45) is 20.5 Å². The molecule has 0 heterocycles. The zero-order valence-corrected chi connectivity index (χ0v) is 28.6. The number of rotatable bonds is 8. The van der Waals surface area contributed by atoms with Crippen molar-refractivity contribution >= 4 is 55.1 Å². The van der Waals surface area contributed by atoms with Gasteiger partial charge in [0.2, 0.25) is 0 Å². The molecule has 0 saturated carbocycles. The van der Waals surface area contributed by atoms with Gasteiger partial charge in [-0.05, 0) is 59.7 Å². The number of aromatic hydroxyl groups is 4. The first-order valence-electron chi connectivity index (χ1n) is 11.5. The molecular formula is C26H18N4Na2O10S2. The Labute approximate surface area is 295 Å². The fourth-order valence-corrected chi connectivity index (χ4v) is 4.85. The number of phenolic OH excluding ortho intramolecular Hbond substituents is 4. The molecule has 0 aliphatic heterocycles. The van der Waals surface area contributed by atoms with E-state index < -0.39 is 41.5 Å². The molecule has 18 heteroatoms. The molecule has 0 unspecified atom stereocenters. The van der Waals surface area contributed by atoms with Gasteiger partial charge in [-0.3, -0.25) is 0 Å². The van der Waals surface area contributed by atoms with Gasteiger partial charge in [-0.2, -0.15) is 10.2 Å². The van der Waals surface area contributed by atoms with E-state index in [1.54, 1.807) is 0 Å². The molecule has 0 aliphatic rings. The minimum absolute atomic E-state index is 0. The van der Waals surface area contributed by atoms with Crippen molar-refractivity contribution in [3.8, 4) is 23.0 Å². The Balaban J connectivity index is 0.00000337. The van der Waals surface area contributed by atoms with Crippen LogP contribution >= 0.6 is 0 Å². The smallest absolute Gasteiger partial charge is 0.744 e. The number of azo groups is 2. The van der Waals surface area contributed by atoms with Crippen LogP contribution in [0.1, 0.15) is 11.1 Å². The molecule has 0 spiro atoms. The first-order chi connectivity index (χ1) is 19.7. The van der Waals surface area contributed by atoms with Crippen molar-refractivity contribution in [2.45, 2.75) is 9.79 Å². The maximum atomic E-state index is 12.0. The first-order valence-corrected chi connectivity index (χ1v) is 14.3. The van der Waals surface area contributed by atoms with Crippen LogP contribution in [0.5, 0.6) is 23.0 Å². The Morgan fingerprint density at radius 1 is 0.523 bits per heavy atom. The monoisotopic (exact) mass is 656 g/mol. The quantitative estimate of drug-likeness (QED) is 0.0806. The van der Waals surface area contributed by atoms with E-state index in [2.05, 4.69) is 20.5 Å². The summed E-state index contributed by atoms with van der Waals surface area (Å²) in [5.41, 5.74) is -0.554. The average Bonchev–Trinajstić information content (AvgIpc) is 2.90. The van der Waals surface area contributed by atoms with Gasteiger partial charge in [-0.15, -0.1) is 10.2 Å². The van der Waals surface area contributed by atoms with Crippen LogP contribution in [0.2, 0.25) is 0 Å². The van der Waals surface area contributed by atoms with Crippen molar-refractivity contribution in [2.75, 3.05) is 0 Å². The third-order valence-corrected chi connectivity index (χ3v) is 7.22. The molecule has 44 heavy (non-hydrogen) atoms. The summed E-state index contributed by atoms with van der Waals surface area (Å²) in [6, 6.07) is 13.8. The summed E-state index contributed by atoms with van der Waals surface area (Å²) in [6.07, 6.45) is 2.22. The molecule has 0 aromatic heterocycles. The van der Waals surface area contributed by atoms with E-state index in [4.69, 9.17) is 0 Å². The average molecular weight is 657 g/mol. The van der Waals surface area contributed by atoms with E-state index in [9.17, 15) is 46.4 Å². The van der Waals surface area contributed by atoms with E-state index in [1.165, 1.54) is 48.5 Å². The molecule has 0 radical (unpaired) electrons. The molecule has 4 aromatic carbocycles. The van der Waals surface area contributed by atoms with Gasteiger partial charge in [0.15, 0.2) is 0 Å². The molecule has 4 rings (SSSR count). The number of hydrogen-bond donors (Lipinski definition) is 4. The van der Waals surface area contributed by atoms with Gasteiger partial charge in [-0.1, -0.05) is 24.3 Å². The number of nitrogens with zero attached hydrogens (tertiary/aromatic N) is 4. The second-order valence-corrected chi connectivity index (χ2v) is 11.1. The van der Waals surface area contributed by atoms with Gasteiger partial charge < -0.3 is 29.5 Å². The normalized spacial score (nSPS) is 12.0. The first kappa shape index (κ1) is 37.0. The summed E-state index contributed by atoms with van der Waals surface area (Å²) in [5.74, 6) is -1.23. The molecular weight excluding hydrogens is 638 g/mol. The second kappa shape index (κ2) is 15.2. The summed E-state index contributed by atoms with van der Waals surface area (Å²) in [6.45, 7) is 0. The van der Waals surface area contributed by atoms with Crippen molar-refractivity contribution in [1.82, 2.24) is 0 Å². The maximum absolute atomic E-state index is 12.0. The predicted octanol–water partition coefficient (Wildman–Crippen LogP) is -0.674. The molecule has 14 nitrogen and oxygen atoms in total. The fourth-order valence-electron chi connectivity index (χ4n) is 3.47. The summed E-state index contributed by atoms with van der Waals surface area (Å²) < 4.78 is 71.7. The molecule has 0 atom stereocenters. The van der Waals surface area contributed by atoms with E-state index in [1.807, 2.05) is 0 Å². The summed E-state index contributed by atoms with van der Waals surface area (Å²) in [5, 5.41) is 53.4. The van der Waals surface area contributed by atoms with Gasteiger partial charge in [-0.25, -0.2) is 16.8 Å². The number of hydrogen-bond acceptors (Lipinski definition) is 14. The molecule has 216 valence electrons. The van der Waals surface area contributed by atoms with E-state index >= 15 is 0 Å². The molecule has 0 fully saturated rings. The van der Waals surface area contributed by atoms with Crippen molar-refractivity contribution in [1.29, 1.82) is 0 Å². The molecule has 0 amide bonds. The standard InChI is InChI=1S/C26H20N4O10S2.2Na/c31-19-7-9-21(23(33)13-19)29-27-17-5-3-15(25(11-17)41(35,36)37)1-2-16-4-6-18(12-26(16)42(38,39)40)28-30-22-10-8-20(32)14-24(22)34;;/h1-14,31-34H,(H,35,36,37)(H,38,39,40);;/q;2*+1/p-2/b2-1+,29-27?,30-28?;;. The molecule has 4 aromatic rings. The maximum Gasteiger partial charge on any atom is 1.00 e. The van der Waals surface area contributed by atoms with Gasteiger partial charge in [0, 0.05) is 12.1 Å². The van der Waals surface area contributed by atoms with Crippen molar-refractivity contribution in [3.05, 3.63) is 83.9 Å². The topological polar surface area (TPSA) is 245 Å². The van der Waals surface area contributed by atoms with E-state index in [0.29, 0.717) is 0 Å². The van der Waals surface area contributed by atoms with Crippen LogP contribution in [0.25, 0.3) is 12.2 Å². The molecule has 4 N–H and O–H groups in total. The SMILES string of the molecule is O=S(=O)([O-])c1cc(N=Nc2ccc(O)cc2O)ccc1/C=C/c1ccc(N=Nc2ccc(O)cc2O)cc1S(=O)(=O)[O-].[Na+].[Na+]. The Kier molecular flexibility index (Phi) is 12.8. The Morgan fingerprint density at radius 2 is 0.886 bits per heavy atom. The van der Waals surface area contributed by atoms with Crippen molar-refractivity contribution in [3.63, 3.8) is 0 Å². The fraction of sp³-hybridized carbons (Fsp3) is 0. The van der Waals surface area contributed by atoms with Crippen molar-refractivity contribution < 1.29 is 105 Å². The van der Waals surface area contributed by atoms with Gasteiger partial charge in [0.05, 0.1) is 21.2 Å². The van der Waals surface area contributed by atoms with Crippen LogP contribution in [0.4, 0.5) is 22.7 Å². The van der Waals surface area contributed by atoms with Crippen LogP contribution in [0.15, 0.2) is 103 Å². The third kappa shape index (κ3) is 9.67. The van der Waals surface area contributed by atoms with Gasteiger partial charge in [0.25, 0.3) is 0 Å². The largest absolute Gasteiger partial charge is 1.00 e. The van der Waals surface area contributed by atoms with Crippen LogP contribution < -0.4 is 59.1 Å². The second-order valence-electron chi connectivity index (χ2n) is 8.43. The Morgan fingerprint density at radius 3 is 1.20 bits per heavy atom. The van der Waals surface area contributed by atoms with Crippen LogP contribution in [-0.2, 0) is 20.2 Å². The van der Waals surface area contributed by atoms with E-state index in [0.717, 1.165) is 36.4 Å². The minimum atomic E-state index is -5.07. The predicted molar refractivity (Wildman–Crippen MR) is 146 cm³/mol. The molecule has 0 aliphatic carbocycles. The summed E-state index contributed by atoms with van der Waals surface area (Å²) in [7, 11) is -10.1. The summed E-state index contributed by atoms with van der Waals surface area (Å²) >= 11 is 0. The third-order valence-electron chi connectivity index (χ3n) is 5.44. The number of phenols is 4. The summed E-state index contributed by atoms with van der Waals surface area (Å²) in [4.78, 5) is -1.45.